The highest BCUT2D eigenvalue weighted by Gasteiger charge is 2.52. The molecule has 0 aliphatic carbocycles. The lowest BCUT2D eigenvalue weighted by Crippen LogP contribution is -2.53. The van der Waals surface area contributed by atoms with Gasteiger partial charge in [-0.05, 0) is 53.9 Å². The van der Waals surface area contributed by atoms with E-state index in [4.69, 9.17) is 0 Å². The topological polar surface area (TPSA) is 12.2 Å². The molecule has 4 aromatic heterocycles. The van der Waals surface area contributed by atoms with Gasteiger partial charge in [-0.25, -0.2) is 0 Å². The van der Waals surface area contributed by atoms with Crippen molar-refractivity contribution in [3.05, 3.63) is 175 Å². The van der Waals surface area contributed by atoms with E-state index in [1.165, 1.54) is 88.4 Å². The molecular weight excluding hydrogens is 607 g/mol. The highest BCUT2D eigenvalue weighted by atomic mass is 15.1. The standard InChI is InChI=1S/C47H35N3/c1-3-12-42-45(34-17-8-7-15-32(34)40-22-21-29(2)28-49(40)42)47-39-27-44-37(36-19-11-18-35-33-16-9-10-20-41(33)50(44)46(35)36)26-38(39)43-25-31(23-24-48(43)47)30-13-5-4-6-14-30/h3-11,13-28,42,45,47H,1,12H2,2H3/q+2. The fraction of sp³-hybridized carbons (Fsp3) is 0.106. The molecule has 0 amide bonds. The minimum atomic E-state index is 0.0865. The van der Waals surface area contributed by atoms with Crippen molar-refractivity contribution in [3.8, 4) is 33.6 Å². The minimum Gasteiger partial charge on any atom is -0.308 e. The molecule has 9 aromatic rings. The zero-order valence-corrected chi connectivity index (χ0v) is 27.9. The first-order valence-corrected chi connectivity index (χ1v) is 17.7. The zero-order chi connectivity index (χ0) is 33.1. The van der Waals surface area contributed by atoms with Crippen LogP contribution >= 0.6 is 0 Å². The second kappa shape index (κ2) is 10.2. The van der Waals surface area contributed by atoms with Crippen molar-refractivity contribution in [1.82, 2.24) is 4.40 Å². The van der Waals surface area contributed by atoms with Gasteiger partial charge in [0.1, 0.15) is 5.92 Å². The van der Waals surface area contributed by atoms with Crippen LogP contribution in [0, 0.1) is 6.92 Å². The van der Waals surface area contributed by atoms with E-state index >= 15 is 0 Å². The predicted octanol–water partition coefficient (Wildman–Crippen LogP) is 10.5. The first-order chi connectivity index (χ1) is 24.7. The third kappa shape index (κ3) is 3.64. The van der Waals surface area contributed by atoms with Crippen LogP contribution in [0.3, 0.4) is 0 Å². The summed E-state index contributed by atoms with van der Waals surface area (Å²) >= 11 is 0. The van der Waals surface area contributed by atoms with Gasteiger partial charge < -0.3 is 4.40 Å². The maximum Gasteiger partial charge on any atom is 0.214 e. The molecule has 0 radical (unpaired) electrons. The Hall–Kier alpha value is -6.06. The second-order valence-corrected chi connectivity index (χ2v) is 14.2. The highest BCUT2D eigenvalue weighted by Crippen LogP contribution is 2.52. The fourth-order valence-corrected chi connectivity index (χ4v) is 9.60. The van der Waals surface area contributed by atoms with E-state index in [0.717, 1.165) is 6.42 Å². The predicted molar refractivity (Wildman–Crippen MR) is 204 cm³/mol. The average molecular weight is 642 g/mol. The Morgan fingerprint density at radius 1 is 0.620 bits per heavy atom. The number of nitrogens with zero attached hydrogens (tertiary/aromatic N) is 3. The summed E-state index contributed by atoms with van der Waals surface area (Å²) in [6.45, 7) is 6.50. The largest absolute Gasteiger partial charge is 0.308 e. The molecule has 50 heavy (non-hydrogen) atoms. The van der Waals surface area contributed by atoms with Gasteiger partial charge in [-0.3, -0.25) is 0 Å². The quantitative estimate of drug-likeness (QED) is 0.134. The number of para-hydroxylation sites is 2. The SMILES string of the molecule is C=CCC1C(C2c3cc4c(cc3-c3cc(-c5ccccc5)cc[n+]32)c2cccc3c5ccccc5n4c32)c2ccccc2-c2ccc(C)c[n+]21. The third-order valence-corrected chi connectivity index (χ3v) is 11.6. The summed E-state index contributed by atoms with van der Waals surface area (Å²) in [5, 5.41) is 5.27. The van der Waals surface area contributed by atoms with Crippen molar-refractivity contribution < 1.29 is 9.13 Å². The lowest BCUT2D eigenvalue weighted by atomic mass is 9.75. The van der Waals surface area contributed by atoms with Crippen molar-refractivity contribution >= 4 is 38.1 Å². The average Bonchev–Trinajstić information content (AvgIpc) is 3.79. The molecule has 3 unspecified atom stereocenters. The highest BCUT2D eigenvalue weighted by molar-refractivity contribution is 6.23. The van der Waals surface area contributed by atoms with Crippen LogP contribution in [0.1, 0.15) is 41.1 Å². The number of allylic oxidation sites excluding steroid dienone is 1. The van der Waals surface area contributed by atoms with E-state index in [1.807, 2.05) is 0 Å². The van der Waals surface area contributed by atoms with Crippen LogP contribution in [-0.2, 0) is 0 Å². The van der Waals surface area contributed by atoms with Gasteiger partial charge in [0.25, 0.3) is 0 Å². The van der Waals surface area contributed by atoms with E-state index in [-0.39, 0.29) is 18.0 Å². The zero-order valence-electron chi connectivity index (χ0n) is 27.9. The number of fused-ring (bicyclic) bond motifs is 12. The smallest absolute Gasteiger partial charge is 0.214 e. The van der Waals surface area contributed by atoms with E-state index in [1.54, 1.807) is 0 Å². The number of hydrogen-bond donors (Lipinski definition) is 0. The molecule has 0 N–H and O–H groups in total. The number of hydrogen-bond acceptors (Lipinski definition) is 0. The molecular formula is C47H35N3+2. The number of rotatable bonds is 4. The maximum absolute atomic E-state index is 4.29. The Balaban J connectivity index is 1.25. The number of pyridine rings is 2. The molecule has 0 saturated carbocycles. The van der Waals surface area contributed by atoms with Crippen LogP contribution in [0.15, 0.2) is 159 Å². The number of benzene rings is 5. The van der Waals surface area contributed by atoms with Gasteiger partial charge in [0.05, 0.1) is 27.7 Å². The van der Waals surface area contributed by atoms with Crippen LogP contribution in [0.2, 0.25) is 0 Å². The molecule has 2 aliphatic heterocycles. The molecule has 0 saturated heterocycles. The van der Waals surface area contributed by atoms with E-state index in [2.05, 4.69) is 179 Å². The summed E-state index contributed by atoms with van der Waals surface area (Å²) in [7, 11) is 0. The maximum atomic E-state index is 4.29. The Morgan fingerprint density at radius 3 is 2.28 bits per heavy atom. The van der Waals surface area contributed by atoms with Crippen molar-refractivity contribution in [2.45, 2.75) is 31.3 Å². The Bertz CT molecular complexity index is 2840. The van der Waals surface area contributed by atoms with Gasteiger partial charge in [0.2, 0.25) is 11.4 Å². The third-order valence-electron chi connectivity index (χ3n) is 11.6. The second-order valence-electron chi connectivity index (χ2n) is 14.2. The summed E-state index contributed by atoms with van der Waals surface area (Å²) in [5.41, 5.74) is 15.6. The van der Waals surface area contributed by atoms with Crippen LogP contribution in [0.5, 0.6) is 0 Å². The Morgan fingerprint density at radius 2 is 1.40 bits per heavy atom. The first kappa shape index (κ1) is 27.8. The van der Waals surface area contributed by atoms with Crippen LogP contribution in [0.4, 0.5) is 0 Å². The first-order valence-electron chi connectivity index (χ1n) is 17.7. The summed E-state index contributed by atoms with van der Waals surface area (Å²) in [5.74, 6) is 0.180. The molecule has 5 aromatic carbocycles. The van der Waals surface area contributed by atoms with Gasteiger partial charge in [0.15, 0.2) is 24.5 Å². The van der Waals surface area contributed by atoms with Gasteiger partial charge in [0, 0.05) is 57.3 Å². The van der Waals surface area contributed by atoms with Crippen LogP contribution in [-0.4, -0.2) is 4.40 Å². The summed E-state index contributed by atoms with van der Waals surface area (Å²) < 4.78 is 7.66. The Labute approximate surface area is 291 Å². The van der Waals surface area contributed by atoms with Crippen molar-refractivity contribution in [3.63, 3.8) is 0 Å². The molecule has 3 atom stereocenters. The molecule has 236 valence electrons. The van der Waals surface area contributed by atoms with E-state index < -0.39 is 0 Å². The molecule has 0 fully saturated rings. The molecule has 3 nitrogen and oxygen atoms in total. The van der Waals surface area contributed by atoms with Crippen LogP contribution in [0.25, 0.3) is 71.7 Å². The normalized spacial score (nSPS) is 17.7. The van der Waals surface area contributed by atoms with Gasteiger partial charge in [-0.1, -0.05) is 91.0 Å². The lowest BCUT2D eigenvalue weighted by Gasteiger charge is -2.32. The molecule has 0 bridgehead atoms. The van der Waals surface area contributed by atoms with E-state index in [0.29, 0.717) is 0 Å². The van der Waals surface area contributed by atoms with Gasteiger partial charge in [-0.15, -0.1) is 6.58 Å². The van der Waals surface area contributed by atoms with Crippen molar-refractivity contribution in [2.75, 3.05) is 0 Å². The summed E-state index contributed by atoms with van der Waals surface area (Å²) in [6.07, 6.45) is 7.71. The molecule has 3 heteroatoms. The number of aryl methyl sites for hydroxylation is 1. The lowest BCUT2D eigenvalue weighted by molar-refractivity contribution is -0.746. The molecule has 11 rings (SSSR count). The van der Waals surface area contributed by atoms with E-state index in [9.17, 15) is 0 Å². The Kier molecular flexibility index (Phi) is 5.70. The molecule has 6 heterocycles. The van der Waals surface area contributed by atoms with Crippen molar-refractivity contribution in [2.24, 2.45) is 0 Å². The van der Waals surface area contributed by atoms with Crippen LogP contribution < -0.4 is 9.13 Å². The minimum absolute atomic E-state index is 0.0865. The monoisotopic (exact) mass is 641 g/mol. The molecule has 0 spiro atoms. The van der Waals surface area contributed by atoms with Gasteiger partial charge >= 0.3 is 0 Å². The van der Waals surface area contributed by atoms with Crippen molar-refractivity contribution in [1.29, 1.82) is 0 Å². The fourth-order valence-electron chi connectivity index (χ4n) is 9.60. The number of aromatic nitrogens is 3. The summed E-state index contributed by atoms with van der Waals surface area (Å²) in [6, 6.07) is 50.2. The molecule has 2 aliphatic rings. The summed E-state index contributed by atoms with van der Waals surface area (Å²) in [4.78, 5) is 0. The van der Waals surface area contributed by atoms with Gasteiger partial charge in [-0.2, -0.15) is 9.13 Å².